The summed E-state index contributed by atoms with van der Waals surface area (Å²) in [5, 5.41) is 3.37. The van der Waals surface area contributed by atoms with E-state index in [1.165, 1.54) is 18.6 Å². The van der Waals surface area contributed by atoms with Crippen molar-refractivity contribution in [3.8, 4) is 0 Å². The van der Waals surface area contributed by atoms with E-state index in [1.54, 1.807) is 12.1 Å². The summed E-state index contributed by atoms with van der Waals surface area (Å²) >= 11 is 0. The predicted octanol–water partition coefficient (Wildman–Crippen LogP) is 3.91. The Morgan fingerprint density at radius 1 is 1.00 bits per heavy atom. The third kappa shape index (κ3) is 3.22. The first-order chi connectivity index (χ1) is 8.07. The summed E-state index contributed by atoms with van der Waals surface area (Å²) in [7, 11) is 0. The van der Waals surface area contributed by atoms with Crippen LogP contribution in [0.3, 0.4) is 0 Å². The fourth-order valence-corrected chi connectivity index (χ4v) is 2.22. The zero-order chi connectivity index (χ0) is 12.3. The molecule has 0 saturated carbocycles. The smallest absolute Gasteiger partial charge is 0.310 e. The number of halogens is 3. The summed E-state index contributed by atoms with van der Waals surface area (Å²) in [6.45, 7) is 0.950. The van der Waals surface area contributed by atoms with Gasteiger partial charge in [0.1, 0.15) is 0 Å². The maximum absolute atomic E-state index is 12.4. The van der Waals surface area contributed by atoms with Crippen molar-refractivity contribution in [2.45, 2.75) is 37.9 Å². The molecule has 1 fully saturated rings. The average Bonchev–Trinajstić information content (AvgIpc) is 2.56. The van der Waals surface area contributed by atoms with Crippen molar-refractivity contribution in [2.24, 2.45) is 0 Å². The minimum atomic E-state index is -4.24. The summed E-state index contributed by atoms with van der Waals surface area (Å²) in [6, 6.07) is 5.72. The molecule has 1 atom stereocenters. The van der Waals surface area contributed by atoms with Crippen molar-refractivity contribution in [2.75, 3.05) is 6.54 Å². The van der Waals surface area contributed by atoms with Gasteiger partial charge in [-0.1, -0.05) is 25.0 Å². The first kappa shape index (κ1) is 12.4. The molecule has 1 N–H and O–H groups in total. The zero-order valence-electron chi connectivity index (χ0n) is 9.56. The molecular formula is C13H16F3N. The Morgan fingerprint density at radius 3 is 2.35 bits per heavy atom. The Labute approximate surface area is 99.0 Å². The van der Waals surface area contributed by atoms with E-state index in [1.807, 2.05) is 0 Å². The Bertz CT molecular complexity index is 348. The van der Waals surface area contributed by atoms with Gasteiger partial charge in [-0.15, -0.1) is 0 Å². The van der Waals surface area contributed by atoms with Crippen molar-refractivity contribution in [1.82, 2.24) is 5.32 Å². The fourth-order valence-electron chi connectivity index (χ4n) is 2.22. The van der Waals surface area contributed by atoms with Gasteiger partial charge in [-0.2, -0.15) is 13.2 Å². The van der Waals surface area contributed by atoms with Gasteiger partial charge in [0, 0.05) is 6.04 Å². The van der Waals surface area contributed by atoms with Crippen LogP contribution in [0.15, 0.2) is 24.3 Å². The first-order valence-corrected chi connectivity index (χ1v) is 5.98. The van der Waals surface area contributed by atoms with Gasteiger partial charge >= 0.3 is 6.18 Å². The van der Waals surface area contributed by atoms with Gasteiger partial charge in [-0.05, 0) is 37.1 Å². The molecule has 1 aromatic carbocycles. The molecule has 94 valence electrons. The third-order valence-electron chi connectivity index (χ3n) is 3.20. The van der Waals surface area contributed by atoms with Crippen LogP contribution in [-0.2, 0) is 6.18 Å². The van der Waals surface area contributed by atoms with E-state index < -0.39 is 11.7 Å². The molecule has 0 unspecified atom stereocenters. The molecule has 0 aromatic heterocycles. The summed E-state index contributed by atoms with van der Waals surface area (Å²) in [5.41, 5.74) is 0.384. The van der Waals surface area contributed by atoms with Gasteiger partial charge < -0.3 is 5.32 Å². The van der Waals surface area contributed by atoms with Gasteiger partial charge in [0.15, 0.2) is 0 Å². The molecule has 4 heteroatoms. The van der Waals surface area contributed by atoms with Crippen molar-refractivity contribution >= 4 is 0 Å². The van der Waals surface area contributed by atoms with Crippen LogP contribution >= 0.6 is 0 Å². The molecule has 1 nitrogen and oxygen atoms in total. The van der Waals surface area contributed by atoms with Crippen molar-refractivity contribution in [3.63, 3.8) is 0 Å². The van der Waals surface area contributed by atoms with E-state index in [0.717, 1.165) is 31.4 Å². The lowest BCUT2D eigenvalue weighted by Crippen LogP contribution is -2.20. The van der Waals surface area contributed by atoms with Crippen LogP contribution in [0.4, 0.5) is 13.2 Å². The molecule has 2 rings (SSSR count). The second-order valence-corrected chi connectivity index (χ2v) is 4.48. The Morgan fingerprint density at radius 2 is 1.71 bits per heavy atom. The maximum Gasteiger partial charge on any atom is 0.416 e. The molecule has 0 amide bonds. The van der Waals surface area contributed by atoms with Crippen LogP contribution < -0.4 is 5.32 Å². The molecule has 0 bridgehead atoms. The Balaban J connectivity index is 2.11. The van der Waals surface area contributed by atoms with Crippen LogP contribution in [0.25, 0.3) is 0 Å². The van der Waals surface area contributed by atoms with Crippen LogP contribution in [0.5, 0.6) is 0 Å². The molecule has 0 spiro atoms. The van der Waals surface area contributed by atoms with Gasteiger partial charge in [0.25, 0.3) is 0 Å². The van der Waals surface area contributed by atoms with E-state index in [9.17, 15) is 13.2 Å². The summed E-state index contributed by atoms with van der Waals surface area (Å²) in [5.74, 6) is 0. The van der Waals surface area contributed by atoms with Gasteiger partial charge in [0.05, 0.1) is 5.56 Å². The van der Waals surface area contributed by atoms with E-state index in [-0.39, 0.29) is 6.04 Å². The second-order valence-electron chi connectivity index (χ2n) is 4.48. The van der Waals surface area contributed by atoms with E-state index in [4.69, 9.17) is 0 Å². The summed E-state index contributed by atoms with van der Waals surface area (Å²) in [4.78, 5) is 0. The highest BCUT2D eigenvalue weighted by Gasteiger charge is 2.30. The SMILES string of the molecule is FC(F)(F)c1ccc([C@@H]2CCCCCN2)cc1. The number of benzene rings is 1. The van der Waals surface area contributed by atoms with Crippen LogP contribution in [-0.4, -0.2) is 6.54 Å². The lowest BCUT2D eigenvalue weighted by molar-refractivity contribution is -0.137. The fraction of sp³-hybridized carbons (Fsp3) is 0.538. The Kier molecular flexibility index (Phi) is 3.72. The lowest BCUT2D eigenvalue weighted by Gasteiger charge is -2.17. The van der Waals surface area contributed by atoms with E-state index in [0.29, 0.717) is 0 Å². The molecule has 1 aliphatic rings. The second kappa shape index (κ2) is 5.08. The topological polar surface area (TPSA) is 12.0 Å². The molecule has 1 saturated heterocycles. The average molecular weight is 243 g/mol. The van der Waals surface area contributed by atoms with Crippen molar-refractivity contribution in [3.05, 3.63) is 35.4 Å². The minimum Gasteiger partial charge on any atom is -0.310 e. The number of nitrogens with one attached hydrogen (secondary N) is 1. The molecule has 0 aliphatic carbocycles. The van der Waals surface area contributed by atoms with Crippen molar-refractivity contribution < 1.29 is 13.2 Å². The number of rotatable bonds is 1. The van der Waals surface area contributed by atoms with Gasteiger partial charge in [-0.25, -0.2) is 0 Å². The molecule has 1 heterocycles. The number of hydrogen-bond donors (Lipinski definition) is 1. The van der Waals surface area contributed by atoms with E-state index in [2.05, 4.69) is 5.32 Å². The summed E-state index contributed by atoms with van der Waals surface area (Å²) in [6.07, 6.45) is 0.251. The first-order valence-electron chi connectivity index (χ1n) is 5.98. The zero-order valence-corrected chi connectivity index (χ0v) is 9.56. The Hall–Kier alpha value is -1.03. The molecule has 1 aromatic rings. The molecule has 17 heavy (non-hydrogen) atoms. The number of alkyl halides is 3. The van der Waals surface area contributed by atoms with Crippen LogP contribution in [0.2, 0.25) is 0 Å². The normalized spacial score (nSPS) is 22.2. The third-order valence-corrected chi connectivity index (χ3v) is 3.20. The standard InChI is InChI=1S/C13H16F3N/c14-13(15,16)11-7-5-10(6-8-11)12-4-2-1-3-9-17-12/h5-8,12,17H,1-4,9H2/t12-/m0/s1. The monoisotopic (exact) mass is 243 g/mol. The molecule has 1 aliphatic heterocycles. The van der Waals surface area contributed by atoms with Gasteiger partial charge in [-0.3, -0.25) is 0 Å². The van der Waals surface area contributed by atoms with Gasteiger partial charge in [0.2, 0.25) is 0 Å². The maximum atomic E-state index is 12.4. The molecule has 0 radical (unpaired) electrons. The van der Waals surface area contributed by atoms with Crippen LogP contribution in [0.1, 0.15) is 42.9 Å². The predicted molar refractivity (Wildman–Crippen MR) is 60.7 cm³/mol. The largest absolute Gasteiger partial charge is 0.416 e. The molecular weight excluding hydrogens is 227 g/mol. The minimum absolute atomic E-state index is 0.208. The summed E-state index contributed by atoms with van der Waals surface area (Å²) < 4.78 is 37.2. The van der Waals surface area contributed by atoms with E-state index >= 15 is 0 Å². The highest BCUT2D eigenvalue weighted by Crippen LogP contribution is 2.31. The highest BCUT2D eigenvalue weighted by atomic mass is 19.4. The number of hydrogen-bond acceptors (Lipinski definition) is 1. The lowest BCUT2D eigenvalue weighted by atomic mass is 10.0. The quantitative estimate of drug-likeness (QED) is 0.788. The van der Waals surface area contributed by atoms with Crippen LogP contribution in [0, 0.1) is 0 Å². The highest BCUT2D eigenvalue weighted by molar-refractivity contribution is 5.26. The van der Waals surface area contributed by atoms with Crippen molar-refractivity contribution in [1.29, 1.82) is 0 Å².